The SMILES string of the molecule is CN[C@H](c1cccnc1)C(C)C. The summed E-state index contributed by atoms with van der Waals surface area (Å²) in [5.74, 6) is 0.596. The topological polar surface area (TPSA) is 24.9 Å². The van der Waals surface area contributed by atoms with E-state index in [1.54, 1.807) is 6.20 Å². The monoisotopic (exact) mass is 164 g/mol. The Labute approximate surface area is 74.0 Å². The summed E-state index contributed by atoms with van der Waals surface area (Å²) in [5.41, 5.74) is 1.26. The zero-order chi connectivity index (χ0) is 8.97. The molecule has 0 aliphatic carbocycles. The fraction of sp³-hybridized carbons (Fsp3) is 0.500. The second kappa shape index (κ2) is 4.21. The summed E-state index contributed by atoms with van der Waals surface area (Å²) in [7, 11) is 1.98. The molecular weight excluding hydrogens is 148 g/mol. The van der Waals surface area contributed by atoms with E-state index in [1.807, 2.05) is 19.3 Å². The molecule has 0 amide bonds. The zero-order valence-corrected chi connectivity index (χ0v) is 7.91. The highest BCUT2D eigenvalue weighted by Gasteiger charge is 2.12. The first-order chi connectivity index (χ1) is 5.75. The third-order valence-electron chi connectivity index (χ3n) is 2.02. The van der Waals surface area contributed by atoms with Gasteiger partial charge in [-0.2, -0.15) is 0 Å². The highest BCUT2D eigenvalue weighted by Crippen LogP contribution is 2.19. The van der Waals surface area contributed by atoms with Crippen molar-refractivity contribution in [3.05, 3.63) is 30.1 Å². The smallest absolute Gasteiger partial charge is 0.0356 e. The van der Waals surface area contributed by atoms with Crippen LogP contribution in [0.2, 0.25) is 0 Å². The van der Waals surface area contributed by atoms with Crippen molar-refractivity contribution in [1.29, 1.82) is 0 Å². The maximum Gasteiger partial charge on any atom is 0.0356 e. The molecule has 0 radical (unpaired) electrons. The van der Waals surface area contributed by atoms with Gasteiger partial charge in [-0.3, -0.25) is 4.98 Å². The summed E-state index contributed by atoms with van der Waals surface area (Å²) in [6, 6.07) is 4.50. The van der Waals surface area contributed by atoms with Crippen LogP contribution in [0.3, 0.4) is 0 Å². The van der Waals surface area contributed by atoms with Gasteiger partial charge in [0.1, 0.15) is 0 Å². The minimum atomic E-state index is 0.415. The van der Waals surface area contributed by atoms with E-state index >= 15 is 0 Å². The molecule has 0 bridgehead atoms. The molecule has 0 saturated carbocycles. The molecule has 0 unspecified atom stereocenters. The lowest BCUT2D eigenvalue weighted by Gasteiger charge is -2.19. The second-order valence-corrected chi connectivity index (χ2v) is 3.30. The summed E-state index contributed by atoms with van der Waals surface area (Å²) in [6.07, 6.45) is 3.72. The van der Waals surface area contributed by atoms with Gasteiger partial charge in [-0.1, -0.05) is 19.9 Å². The molecule has 2 heteroatoms. The molecule has 1 aromatic heterocycles. The van der Waals surface area contributed by atoms with E-state index in [9.17, 15) is 0 Å². The summed E-state index contributed by atoms with van der Waals surface area (Å²) in [4.78, 5) is 4.10. The lowest BCUT2D eigenvalue weighted by Crippen LogP contribution is -2.21. The Balaban J connectivity index is 2.80. The van der Waals surface area contributed by atoms with E-state index < -0.39 is 0 Å². The lowest BCUT2D eigenvalue weighted by atomic mass is 9.98. The Morgan fingerprint density at radius 1 is 1.42 bits per heavy atom. The number of aromatic nitrogens is 1. The maximum atomic E-state index is 4.10. The number of rotatable bonds is 3. The van der Waals surface area contributed by atoms with Gasteiger partial charge in [0.25, 0.3) is 0 Å². The van der Waals surface area contributed by atoms with Crippen molar-refractivity contribution in [3.63, 3.8) is 0 Å². The molecule has 1 aromatic rings. The fourth-order valence-corrected chi connectivity index (χ4v) is 1.44. The van der Waals surface area contributed by atoms with Gasteiger partial charge in [0.15, 0.2) is 0 Å². The van der Waals surface area contributed by atoms with Crippen molar-refractivity contribution in [2.75, 3.05) is 7.05 Å². The molecule has 0 aliphatic rings. The number of nitrogens with one attached hydrogen (secondary N) is 1. The summed E-state index contributed by atoms with van der Waals surface area (Å²) < 4.78 is 0. The molecule has 0 aliphatic heterocycles. The summed E-state index contributed by atoms with van der Waals surface area (Å²) in [5, 5.41) is 3.28. The van der Waals surface area contributed by atoms with E-state index in [4.69, 9.17) is 0 Å². The zero-order valence-electron chi connectivity index (χ0n) is 7.91. The highest BCUT2D eigenvalue weighted by molar-refractivity contribution is 5.14. The van der Waals surface area contributed by atoms with Gasteiger partial charge in [-0.05, 0) is 24.6 Å². The van der Waals surface area contributed by atoms with Crippen LogP contribution in [0, 0.1) is 5.92 Å². The van der Waals surface area contributed by atoms with E-state index in [1.165, 1.54) is 5.56 Å². The molecular formula is C10H16N2. The molecule has 66 valence electrons. The average Bonchev–Trinajstić information content (AvgIpc) is 2.07. The molecule has 0 fully saturated rings. The quantitative estimate of drug-likeness (QED) is 0.739. The Kier molecular flexibility index (Phi) is 3.23. The molecule has 2 nitrogen and oxygen atoms in total. The minimum absolute atomic E-state index is 0.415. The first-order valence-electron chi connectivity index (χ1n) is 4.33. The Morgan fingerprint density at radius 3 is 2.58 bits per heavy atom. The lowest BCUT2D eigenvalue weighted by molar-refractivity contribution is 0.442. The van der Waals surface area contributed by atoms with Crippen LogP contribution in [0.15, 0.2) is 24.5 Å². The van der Waals surface area contributed by atoms with E-state index in [-0.39, 0.29) is 0 Å². The largest absolute Gasteiger partial charge is 0.313 e. The summed E-state index contributed by atoms with van der Waals surface area (Å²) >= 11 is 0. The standard InChI is InChI=1S/C10H16N2/c1-8(2)10(11-3)9-5-4-6-12-7-9/h4-8,10-11H,1-3H3/t10-/m0/s1. The van der Waals surface area contributed by atoms with Crippen LogP contribution in [-0.4, -0.2) is 12.0 Å². The Morgan fingerprint density at radius 2 is 2.17 bits per heavy atom. The van der Waals surface area contributed by atoms with Crippen LogP contribution in [0.4, 0.5) is 0 Å². The number of nitrogens with zero attached hydrogens (tertiary/aromatic N) is 1. The number of pyridine rings is 1. The molecule has 0 aromatic carbocycles. The van der Waals surface area contributed by atoms with Gasteiger partial charge < -0.3 is 5.32 Å². The van der Waals surface area contributed by atoms with Crippen molar-refractivity contribution >= 4 is 0 Å². The van der Waals surface area contributed by atoms with E-state index in [2.05, 4.69) is 30.2 Å². The van der Waals surface area contributed by atoms with Crippen LogP contribution in [0.5, 0.6) is 0 Å². The number of hydrogen-bond acceptors (Lipinski definition) is 2. The Bertz CT molecular complexity index is 219. The van der Waals surface area contributed by atoms with Crippen molar-refractivity contribution in [3.8, 4) is 0 Å². The Hall–Kier alpha value is -0.890. The van der Waals surface area contributed by atoms with Crippen LogP contribution in [0.1, 0.15) is 25.5 Å². The average molecular weight is 164 g/mol. The van der Waals surface area contributed by atoms with E-state index in [0.29, 0.717) is 12.0 Å². The van der Waals surface area contributed by atoms with Gasteiger partial charge in [0.05, 0.1) is 0 Å². The molecule has 12 heavy (non-hydrogen) atoms. The van der Waals surface area contributed by atoms with Gasteiger partial charge in [-0.15, -0.1) is 0 Å². The van der Waals surface area contributed by atoms with Gasteiger partial charge >= 0.3 is 0 Å². The molecule has 0 spiro atoms. The van der Waals surface area contributed by atoms with Crippen LogP contribution >= 0.6 is 0 Å². The normalized spacial score (nSPS) is 13.3. The van der Waals surface area contributed by atoms with Gasteiger partial charge in [-0.25, -0.2) is 0 Å². The van der Waals surface area contributed by atoms with Crippen LogP contribution in [-0.2, 0) is 0 Å². The van der Waals surface area contributed by atoms with Crippen LogP contribution < -0.4 is 5.32 Å². The summed E-state index contributed by atoms with van der Waals surface area (Å²) in [6.45, 7) is 4.41. The highest BCUT2D eigenvalue weighted by atomic mass is 14.9. The predicted octanol–water partition coefficient (Wildman–Crippen LogP) is 2.00. The first kappa shape index (κ1) is 9.20. The van der Waals surface area contributed by atoms with E-state index in [0.717, 1.165) is 0 Å². The molecule has 1 N–H and O–H groups in total. The molecule has 1 heterocycles. The molecule has 0 saturated heterocycles. The second-order valence-electron chi connectivity index (χ2n) is 3.30. The third kappa shape index (κ3) is 2.05. The van der Waals surface area contributed by atoms with Crippen LogP contribution in [0.25, 0.3) is 0 Å². The molecule has 1 rings (SSSR count). The van der Waals surface area contributed by atoms with Gasteiger partial charge in [0.2, 0.25) is 0 Å². The number of hydrogen-bond donors (Lipinski definition) is 1. The molecule has 1 atom stereocenters. The van der Waals surface area contributed by atoms with Gasteiger partial charge in [0, 0.05) is 18.4 Å². The predicted molar refractivity (Wildman–Crippen MR) is 50.9 cm³/mol. The first-order valence-corrected chi connectivity index (χ1v) is 4.33. The van der Waals surface area contributed by atoms with Crippen molar-refractivity contribution < 1.29 is 0 Å². The fourth-order valence-electron chi connectivity index (χ4n) is 1.44. The maximum absolute atomic E-state index is 4.10. The van der Waals surface area contributed by atoms with Crippen molar-refractivity contribution in [2.45, 2.75) is 19.9 Å². The minimum Gasteiger partial charge on any atom is -0.313 e. The van der Waals surface area contributed by atoms with Crippen molar-refractivity contribution in [2.24, 2.45) is 5.92 Å². The van der Waals surface area contributed by atoms with Crippen molar-refractivity contribution in [1.82, 2.24) is 10.3 Å². The third-order valence-corrected chi connectivity index (χ3v) is 2.02.